The number of carbonyl (C=O) groups is 3. The van der Waals surface area contributed by atoms with Crippen LogP contribution in [-0.2, 0) is 19.2 Å². The van der Waals surface area contributed by atoms with Crippen LogP contribution in [0.4, 0.5) is 0 Å². The van der Waals surface area contributed by atoms with Crippen LogP contribution < -0.4 is 0 Å². The Morgan fingerprint density at radius 2 is 1.92 bits per heavy atom. The predicted octanol–water partition coefficient (Wildman–Crippen LogP) is -0.178. The third-order valence-electron chi connectivity index (χ3n) is 1.46. The summed E-state index contributed by atoms with van der Waals surface area (Å²) in [7, 11) is 0. The number of unbranched alkanes of at least 4 members (excludes halogenated alkanes) is 1. The van der Waals surface area contributed by atoms with Gasteiger partial charge in [-0.3, -0.25) is 14.4 Å². The van der Waals surface area contributed by atoms with Crippen molar-refractivity contribution in [3.8, 4) is 0 Å². The van der Waals surface area contributed by atoms with Gasteiger partial charge in [0.1, 0.15) is 6.29 Å². The van der Waals surface area contributed by atoms with Gasteiger partial charge >= 0.3 is 0 Å². The quantitative estimate of drug-likeness (QED) is 0.337. The summed E-state index contributed by atoms with van der Waals surface area (Å²) in [5.74, 6) is -0.952. The largest absolute Gasteiger partial charge is 0.303 e. The Balaban J connectivity index is 2.25. The number of carbonyl (C=O) groups excluding carboxylic acids is 3. The number of nitrogens with zero attached hydrogens (tertiary/aromatic N) is 1. The Morgan fingerprint density at radius 1 is 1.31 bits per heavy atom. The van der Waals surface area contributed by atoms with Crippen molar-refractivity contribution < 1.29 is 19.2 Å². The van der Waals surface area contributed by atoms with Gasteiger partial charge in [-0.25, -0.2) is 0 Å². The van der Waals surface area contributed by atoms with Crippen LogP contribution in [0.3, 0.4) is 0 Å². The molecule has 70 valence electrons. The van der Waals surface area contributed by atoms with Crippen molar-refractivity contribution in [3.63, 3.8) is 0 Å². The standard InChI is InChI=1S/C8H9NO4/c10-5-1-2-6-13-9-7(11)3-4-8(9)12/h3-5H,1-2,6H2. The molecule has 0 radical (unpaired) electrons. The molecule has 0 aromatic heterocycles. The van der Waals surface area contributed by atoms with Crippen LogP contribution in [0.15, 0.2) is 12.2 Å². The average molecular weight is 183 g/mol. The number of aldehydes is 1. The van der Waals surface area contributed by atoms with Crippen LogP contribution in [0.5, 0.6) is 0 Å². The van der Waals surface area contributed by atoms with E-state index in [0.29, 0.717) is 17.9 Å². The number of hydrogen-bond acceptors (Lipinski definition) is 4. The fourth-order valence-corrected chi connectivity index (χ4v) is 0.836. The Morgan fingerprint density at radius 3 is 2.46 bits per heavy atom. The number of amides is 2. The summed E-state index contributed by atoms with van der Waals surface area (Å²) < 4.78 is 0. The maximum atomic E-state index is 10.9. The van der Waals surface area contributed by atoms with Gasteiger partial charge in [-0.15, -0.1) is 5.06 Å². The second kappa shape index (κ2) is 4.51. The van der Waals surface area contributed by atoms with Gasteiger partial charge < -0.3 is 4.79 Å². The lowest BCUT2D eigenvalue weighted by molar-refractivity contribution is -0.185. The zero-order chi connectivity index (χ0) is 9.68. The zero-order valence-corrected chi connectivity index (χ0v) is 6.93. The van der Waals surface area contributed by atoms with E-state index in [1.807, 2.05) is 0 Å². The summed E-state index contributed by atoms with van der Waals surface area (Å²) in [6.45, 7) is 0.192. The van der Waals surface area contributed by atoms with Gasteiger partial charge in [0, 0.05) is 18.6 Å². The van der Waals surface area contributed by atoms with Crippen molar-refractivity contribution in [2.45, 2.75) is 12.8 Å². The molecule has 0 aromatic carbocycles. The monoisotopic (exact) mass is 183 g/mol. The molecule has 1 aliphatic rings. The highest BCUT2D eigenvalue weighted by atomic mass is 16.7. The third kappa shape index (κ3) is 2.48. The van der Waals surface area contributed by atoms with Crippen molar-refractivity contribution in [1.82, 2.24) is 5.06 Å². The molecule has 0 aliphatic carbocycles. The van der Waals surface area contributed by atoms with Crippen LogP contribution in [0, 0.1) is 0 Å². The molecule has 1 heterocycles. The molecular weight excluding hydrogens is 174 g/mol. The van der Waals surface area contributed by atoms with Crippen molar-refractivity contribution in [2.24, 2.45) is 0 Å². The molecule has 1 rings (SSSR count). The molecule has 0 saturated carbocycles. The normalized spacial score (nSPS) is 15.5. The molecule has 0 bridgehead atoms. The molecule has 5 nitrogen and oxygen atoms in total. The summed E-state index contributed by atoms with van der Waals surface area (Å²) in [6, 6.07) is 0. The Kier molecular flexibility index (Phi) is 3.33. The van der Waals surface area contributed by atoms with Gasteiger partial charge in [0.05, 0.1) is 6.61 Å². The lowest BCUT2D eigenvalue weighted by Gasteiger charge is -2.11. The summed E-state index contributed by atoms with van der Waals surface area (Å²) in [5, 5.41) is 0.685. The molecule has 0 saturated heterocycles. The van der Waals surface area contributed by atoms with E-state index in [-0.39, 0.29) is 6.61 Å². The van der Waals surface area contributed by atoms with Gasteiger partial charge in [-0.2, -0.15) is 0 Å². The van der Waals surface area contributed by atoms with Gasteiger partial charge in [0.15, 0.2) is 0 Å². The maximum absolute atomic E-state index is 10.9. The highest BCUT2D eigenvalue weighted by molar-refractivity contribution is 6.11. The van der Waals surface area contributed by atoms with Crippen LogP contribution >= 0.6 is 0 Å². The Labute approximate surface area is 74.9 Å². The highest BCUT2D eigenvalue weighted by Gasteiger charge is 2.23. The van der Waals surface area contributed by atoms with E-state index in [1.165, 1.54) is 0 Å². The van der Waals surface area contributed by atoms with Crippen LogP contribution in [0.25, 0.3) is 0 Å². The molecule has 0 spiro atoms. The van der Waals surface area contributed by atoms with Crippen molar-refractivity contribution in [3.05, 3.63) is 12.2 Å². The smallest absolute Gasteiger partial charge is 0.277 e. The fraction of sp³-hybridized carbons (Fsp3) is 0.375. The SMILES string of the molecule is O=CCCCON1C(=O)C=CC1=O. The molecule has 0 fully saturated rings. The minimum atomic E-state index is -0.476. The predicted molar refractivity (Wildman–Crippen MR) is 42.2 cm³/mol. The van der Waals surface area contributed by atoms with Gasteiger partial charge in [0.25, 0.3) is 11.8 Å². The fourth-order valence-electron chi connectivity index (χ4n) is 0.836. The van der Waals surface area contributed by atoms with Gasteiger partial charge in [-0.05, 0) is 6.42 Å². The van der Waals surface area contributed by atoms with Crippen molar-refractivity contribution in [1.29, 1.82) is 0 Å². The summed E-state index contributed by atoms with van der Waals surface area (Å²) in [6.07, 6.45) is 3.91. The first kappa shape index (κ1) is 9.60. The molecule has 2 amide bonds. The first-order valence-electron chi connectivity index (χ1n) is 3.88. The first-order valence-corrected chi connectivity index (χ1v) is 3.88. The van der Waals surface area contributed by atoms with Crippen LogP contribution in [-0.4, -0.2) is 29.8 Å². The third-order valence-corrected chi connectivity index (χ3v) is 1.46. The Hall–Kier alpha value is -1.49. The molecule has 1 aliphatic heterocycles. The number of rotatable bonds is 5. The van der Waals surface area contributed by atoms with Gasteiger partial charge in [0.2, 0.25) is 0 Å². The summed E-state index contributed by atoms with van der Waals surface area (Å²) in [5.41, 5.74) is 0. The molecule has 5 heteroatoms. The zero-order valence-electron chi connectivity index (χ0n) is 6.93. The second-order valence-corrected chi connectivity index (χ2v) is 2.45. The summed E-state index contributed by atoms with van der Waals surface area (Å²) in [4.78, 5) is 36.5. The van der Waals surface area contributed by atoms with E-state index in [0.717, 1.165) is 18.4 Å². The van der Waals surface area contributed by atoms with E-state index >= 15 is 0 Å². The van der Waals surface area contributed by atoms with Crippen molar-refractivity contribution >= 4 is 18.1 Å². The number of imide groups is 1. The molecule has 0 atom stereocenters. The average Bonchev–Trinajstić information content (AvgIpc) is 2.42. The molecular formula is C8H9NO4. The second-order valence-electron chi connectivity index (χ2n) is 2.45. The number of hydrogen-bond donors (Lipinski definition) is 0. The number of hydroxylamine groups is 2. The summed E-state index contributed by atoms with van der Waals surface area (Å²) >= 11 is 0. The van der Waals surface area contributed by atoms with E-state index < -0.39 is 11.8 Å². The topological polar surface area (TPSA) is 63.7 Å². The lowest BCUT2D eigenvalue weighted by atomic mass is 10.4. The molecule has 0 aromatic rings. The van der Waals surface area contributed by atoms with Crippen LogP contribution in [0.1, 0.15) is 12.8 Å². The molecule has 0 unspecified atom stereocenters. The van der Waals surface area contributed by atoms with Gasteiger partial charge in [-0.1, -0.05) is 0 Å². The van der Waals surface area contributed by atoms with E-state index in [9.17, 15) is 14.4 Å². The minimum absolute atomic E-state index is 0.192. The lowest BCUT2D eigenvalue weighted by Crippen LogP contribution is -2.30. The van der Waals surface area contributed by atoms with E-state index in [2.05, 4.69) is 0 Å². The van der Waals surface area contributed by atoms with E-state index in [4.69, 9.17) is 4.84 Å². The minimum Gasteiger partial charge on any atom is -0.303 e. The molecule has 0 N–H and O–H groups in total. The Bertz CT molecular complexity index is 241. The van der Waals surface area contributed by atoms with Crippen LogP contribution in [0.2, 0.25) is 0 Å². The first-order chi connectivity index (χ1) is 6.25. The highest BCUT2D eigenvalue weighted by Crippen LogP contribution is 2.04. The maximum Gasteiger partial charge on any atom is 0.277 e. The van der Waals surface area contributed by atoms with Crippen molar-refractivity contribution in [2.75, 3.05) is 6.61 Å². The molecule has 13 heavy (non-hydrogen) atoms. The van der Waals surface area contributed by atoms with E-state index in [1.54, 1.807) is 0 Å².